The second-order valence-electron chi connectivity index (χ2n) is 8.26. The van der Waals surface area contributed by atoms with Crippen molar-refractivity contribution in [1.82, 2.24) is 9.80 Å². The van der Waals surface area contributed by atoms with Gasteiger partial charge in [0.05, 0.1) is 12.0 Å². The summed E-state index contributed by atoms with van der Waals surface area (Å²) >= 11 is 0. The van der Waals surface area contributed by atoms with Crippen molar-refractivity contribution in [2.45, 2.75) is 31.7 Å². The van der Waals surface area contributed by atoms with Crippen LogP contribution in [0.25, 0.3) is 0 Å². The fourth-order valence-electron chi connectivity index (χ4n) is 4.86. The summed E-state index contributed by atoms with van der Waals surface area (Å²) in [6.07, 6.45) is 3.97. The zero-order chi connectivity index (χ0) is 19.5. The molecule has 1 saturated heterocycles. The molecule has 2 aromatic rings. The first-order valence-electron chi connectivity index (χ1n) is 10.4. The van der Waals surface area contributed by atoms with Crippen molar-refractivity contribution in [3.8, 4) is 0 Å². The lowest BCUT2D eigenvalue weighted by atomic mass is 9.93. The molecule has 2 aromatic carbocycles. The van der Waals surface area contributed by atoms with Gasteiger partial charge in [0.2, 0.25) is 0 Å². The molecule has 148 valence electrons. The van der Waals surface area contributed by atoms with Crippen molar-refractivity contribution in [3.05, 3.63) is 70.8 Å². The van der Waals surface area contributed by atoms with Gasteiger partial charge >= 0.3 is 5.97 Å². The minimum Gasteiger partial charge on any atom is -0.481 e. The minimum atomic E-state index is -0.648. The van der Waals surface area contributed by atoms with Crippen molar-refractivity contribution >= 4 is 5.97 Å². The van der Waals surface area contributed by atoms with Crippen molar-refractivity contribution in [3.63, 3.8) is 0 Å². The highest BCUT2D eigenvalue weighted by atomic mass is 16.4. The summed E-state index contributed by atoms with van der Waals surface area (Å²) in [5.74, 6) is -0.858. The van der Waals surface area contributed by atoms with Gasteiger partial charge < -0.3 is 10.0 Å². The molecule has 0 radical (unpaired) electrons. The van der Waals surface area contributed by atoms with Crippen LogP contribution in [-0.4, -0.2) is 54.1 Å². The third kappa shape index (κ3) is 3.98. The molecule has 2 aliphatic rings. The summed E-state index contributed by atoms with van der Waals surface area (Å²) in [6.45, 7) is 3.54. The predicted octanol–water partition coefficient (Wildman–Crippen LogP) is 3.60. The lowest BCUT2D eigenvalue weighted by Crippen LogP contribution is -2.42. The maximum Gasteiger partial charge on any atom is 0.307 e. The van der Waals surface area contributed by atoms with Crippen molar-refractivity contribution in [2.24, 2.45) is 5.92 Å². The third-order valence-corrected chi connectivity index (χ3v) is 6.43. The number of aliphatic carboxylic acids is 1. The smallest absolute Gasteiger partial charge is 0.307 e. The molecular weight excluding hydrogens is 348 g/mol. The SMILES string of the molecule is CN(CCN1CCC[C@@H](C(=O)O)C1)C1c2ccccc2CCc2ccccc21. The van der Waals surface area contributed by atoms with Crippen LogP contribution in [0.5, 0.6) is 0 Å². The molecule has 1 heterocycles. The van der Waals surface area contributed by atoms with Crippen LogP contribution < -0.4 is 0 Å². The lowest BCUT2D eigenvalue weighted by molar-refractivity contribution is -0.143. The highest BCUT2D eigenvalue weighted by Gasteiger charge is 2.28. The van der Waals surface area contributed by atoms with Gasteiger partial charge in [-0.15, -0.1) is 0 Å². The molecule has 4 nitrogen and oxygen atoms in total. The van der Waals surface area contributed by atoms with Crippen LogP contribution in [0.15, 0.2) is 48.5 Å². The number of piperidine rings is 1. The first kappa shape index (κ1) is 19.2. The number of rotatable bonds is 5. The highest BCUT2D eigenvalue weighted by molar-refractivity contribution is 5.70. The Balaban J connectivity index is 1.53. The molecule has 1 fully saturated rings. The van der Waals surface area contributed by atoms with E-state index in [0.717, 1.165) is 45.3 Å². The van der Waals surface area contributed by atoms with E-state index in [9.17, 15) is 9.90 Å². The molecule has 0 unspecified atom stereocenters. The zero-order valence-corrected chi connectivity index (χ0v) is 16.7. The number of carboxylic acids is 1. The summed E-state index contributed by atoms with van der Waals surface area (Å²) < 4.78 is 0. The number of aryl methyl sites for hydroxylation is 2. The van der Waals surface area contributed by atoms with Gasteiger partial charge in [0, 0.05) is 19.6 Å². The fraction of sp³-hybridized carbons (Fsp3) is 0.458. The average Bonchev–Trinajstić information content (AvgIpc) is 2.89. The van der Waals surface area contributed by atoms with Crippen molar-refractivity contribution in [2.75, 3.05) is 33.2 Å². The normalized spacial score (nSPS) is 20.4. The van der Waals surface area contributed by atoms with Crippen LogP contribution in [0.4, 0.5) is 0 Å². The van der Waals surface area contributed by atoms with E-state index < -0.39 is 5.97 Å². The number of fused-ring (bicyclic) bond motifs is 2. The number of likely N-dealkylation sites (N-methyl/N-ethyl adjacent to an activating group) is 1. The Morgan fingerprint density at radius 3 is 2.29 bits per heavy atom. The van der Waals surface area contributed by atoms with E-state index in [1.165, 1.54) is 22.3 Å². The Bertz CT molecular complexity index is 787. The lowest BCUT2D eigenvalue weighted by Gasteiger charge is -2.35. The summed E-state index contributed by atoms with van der Waals surface area (Å²) in [7, 11) is 2.21. The molecule has 4 heteroatoms. The van der Waals surface area contributed by atoms with E-state index in [1.807, 2.05) is 0 Å². The minimum absolute atomic E-state index is 0.210. The molecule has 4 rings (SSSR count). The monoisotopic (exact) mass is 378 g/mol. The van der Waals surface area contributed by atoms with Gasteiger partial charge in [0.1, 0.15) is 0 Å². The van der Waals surface area contributed by atoms with Crippen LogP contribution >= 0.6 is 0 Å². The number of likely N-dealkylation sites (tertiary alicyclic amines) is 1. The summed E-state index contributed by atoms with van der Waals surface area (Å²) in [4.78, 5) is 16.1. The molecule has 0 saturated carbocycles. The Hall–Kier alpha value is -2.17. The number of hydrogen-bond acceptors (Lipinski definition) is 3. The molecule has 1 atom stereocenters. The van der Waals surface area contributed by atoms with Crippen LogP contribution in [0.2, 0.25) is 0 Å². The average molecular weight is 379 g/mol. The van der Waals surface area contributed by atoms with Crippen LogP contribution in [0.3, 0.4) is 0 Å². The second-order valence-corrected chi connectivity index (χ2v) is 8.26. The Morgan fingerprint density at radius 1 is 1.07 bits per heavy atom. The molecular formula is C24H30N2O2. The topological polar surface area (TPSA) is 43.8 Å². The predicted molar refractivity (Wildman–Crippen MR) is 112 cm³/mol. The number of carbonyl (C=O) groups is 1. The Labute approximate surface area is 167 Å². The molecule has 0 spiro atoms. The van der Waals surface area contributed by atoms with E-state index in [2.05, 4.69) is 65.4 Å². The van der Waals surface area contributed by atoms with Crippen LogP contribution in [-0.2, 0) is 17.6 Å². The van der Waals surface area contributed by atoms with Gasteiger partial charge in [-0.05, 0) is 61.5 Å². The van der Waals surface area contributed by atoms with Crippen LogP contribution in [0, 0.1) is 5.92 Å². The fourth-order valence-corrected chi connectivity index (χ4v) is 4.86. The molecule has 1 aliphatic heterocycles. The Morgan fingerprint density at radius 2 is 1.68 bits per heavy atom. The van der Waals surface area contributed by atoms with Gasteiger partial charge in [0.15, 0.2) is 0 Å². The van der Waals surface area contributed by atoms with Crippen molar-refractivity contribution < 1.29 is 9.90 Å². The number of nitrogens with zero attached hydrogens (tertiary/aromatic N) is 2. The summed E-state index contributed by atoms with van der Waals surface area (Å²) in [5, 5.41) is 9.35. The maximum absolute atomic E-state index is 11.4. The van der Waals surface area contributed by atoms with E-state index in [1.54, 1.807) is 0 Å². The number of carboxylic acid groups (broad SMARTS) is 1. The summed E-state index contributed by atoms with van der Waals surface area (Å²) in [5.41, 5.74) is 5.72. The van der Waals surface area contributed by atoms with E-state index in [-0.39, 0.29) is 12.0 Å². The zero-order valence-electron chi connectivity index (χ0n) is 16.7. The molecule has 1 aliphatic carbocycles. The largest absolute Gasteiger partial charge is 0.481 e. The van der Waals surface area contributed by atoms with Gasteiger partial charge in [-0.2, -0.15) is 0 Å². The van der Waals surface area contributed by atoms with E-state index in [4.69, 9.17) is 0 Å². The first-order chi connectivity index (χ1) is 13.6. The van der Waals surface area contributed by atoms with Gasteiger partial charge in [0.25, 0.3) is 0 Å². The van der Waals surface area contributed by atoms with Gasteiger partial charge in [-0.3, -0.25) is 9.69 Å². The second kappa shape index (κ2) is 8.46. The van der Waals surface area contributed by atoms with Gasteiger partial charge in [-0.1, -0.05) is 48.5 Å². The molecule has 0 bridgehead atoms. The molecule has 0 aromatic heterocycles. The van der Waals surface area contributed by atoms with E-state index >= 15 is 0 Å². The Kier molecular flexibility index (Phi) is 5.79. The molecule has 28 heavy (non-hydrogen) atoms. The molecule has 1 N–H and O–H groups in total. The number of benzene rings is 2. The molecule has 0 amide bonds. The maximum atomic E-state index is 11.4. The number of hydrogen-bond donors (Lipinski definition) is 1. The third-order valence-electron chi connectivity index (χ3n) is 6.43. The van der Waals surface area contributed by atoms with Crippen LogP contribution in [0.1, 0.15) is 41.1 Å². The highest BCUT2D eigenvalue weighted by Crippen LogP contribution is 2.36. The van der Waals surface area contributed by atoms with Crippen molar-refractivity contribution in [1.29, 1.82) is 0 Å². The van der Waals surface area contributed by atoms with Gasteiger partial charge in [-0.25, -0.2) is 0 Å². The standard InChI is InChI=1S/C24H30N2O2/c1-25(15-16-26-14-6-9-20(17-26)24(27)28)23-21-10-4-2-7-18(21)12-13-19-8-3-5-11-22(19)23/h2-5,7-8,10-11,20,23H,6,9,12-17H2,1H3,(H,27,28)/t20-/m1/s1. The summed E-state index contributed by atoms with van der Waals surface area (Å²) in [6, 6.07) is 17.9. The first-order valence-corrected chi connectivity index (χ1v) is 10.4. The van der Waals surface area contributed by atoms with E-state index in [0.29, 0.717) is 6.54 Å². The quantitative estimate of drug-likeness (QED) is 0.863.